The molecule has 0 bridgehead atoms. The number of aromatic nitrogens is 1. The first-order valence-electron chi connectivity index (χ1n) is 6.59. The molecule has 1 atom stereocenters. The minimum absolute atomic E-state index is 0.689. The van der Waals surface area contributed by atoms with E-state index in [4.69, 9.17) is 4.98 Å². The van der Waals surface area contributed by atoms with Gasteiger partial charge < -0.3 is 5.32 Å². The highest BCUT2D eigenvalue weighted by molar-refractivity contribution is 7.09. The minimum Gasteiger partial charge on any atom is -0.314 e. The SMILES string of the molecule is c1sc(CC2CCCCN2)nc1C1CCC1. The van der Waals surface area contributed by atoms with Crippen LogP contribution in [0.25, 0.3) is 0 Å². The van der Waals surface area contributed by atoms with Gasteiger partial charge in [-0.05, 0) is 32.2 Å². The van der Waals surface area contributed by atoms with E-state index >= 15 is 0 Å². The van der Waals surface area contributed by atoms with Gasteiger partial charge in [0, 0.05) is 23.8 Å². The topological polar surface area (TPSA) is 24.9 Å². The van der Waals surface area contributed by atoms with Crippen molar-refractivity contribution in [1.82, 2.24) is 10.3 Å². The van der Waals surface area contributed by atoms with E-state index in [-0.39, 0.29) is 0 Å². The van der Waals surface area contributed by atoms with Gasteiger partial charge in [0.05, 0.1) is 10.7 Å². The zero-order chi connectivity index (χ0) is 10.8. The Balaban J connectivity index is 1.58. The molecule has 0 radical (unpaired) electrons. The predicted octanol–water partition coefficient (Wildman–Crippen LogP) is 3.10. The molecule has 2 fully saturated rings. The molecule has 88 valence electrons. The number of piperidine rings is 1. The van der Waals surface area contributed by atoms with Gasteiger partial charge in [0.25, 0.3) is 0 Å². The lowest BCUT2D eigenvalue weighted by Crippen LogP contribution is -2.35. The van der Waals surface area contributed by atoms with E-state index in [1.165, 1.54) is 55.8 Å². The van der Waals surface area contributed by atoms with Crippen LogP contribution in [0.5, 0.6) is 0 Å². The van der Waals surface area contributed by atoms with Gasteiger partial charge in [-0.1, -0.05) is 12.8 Å². The Labute approximate surface area is 101 Å². The van der Waals surface area contributed by atoms with Gasteiger partial charge in [0.1, 0.15) is 0 Å². The van der Waals surface area contributed by atoms with E-state index < -0.39 is 0 Å². The second-order valence-electron chi connectivity index (χ2n) is 5.14. The van der Waals surface area contributed by atoms with Crippen LogP contribution < -0.4 is 5.32 Å². The van der Waals surface area contributed by atoms with Crippen LogP contribution in [0.3, 0.4) is 0 Å². The number of thiazole rings is 1. The third-order valence-electron chi connectivity index (χ3n) is 3.93. The highest BCUT2D eigenvalue weighted by Gasteiger charge is 2.22. The Kier molecular flexibility index (Phi) is 3.25. The van der Waals surface area contributed by atoms with Crippen LogP contribution in [0.2, 0.25) is 0 Å². The Hall–Kier alpha value is -0.410. The third-order valence-corrected chi connectivity index (χ3v) is 4.82. The van der Waals surface area contributed by atoms with E-state index in [2.05, 4.69) is 10.7 Å². The van der Waals surface area contributed by atoms with Crippen molar-refractivity contribution in [3.05, 3.63) is 16.1 Å². The van der Waals surface area contributed by atoms with Crippen LogP contribution in [0.1, 0.15) is 55.1 Å². The summed E-state index contributed by atoms with van der Waals surface area (Å²) in [4.78, 5) is 4.80. The van der Waals surface area contributed by atoms with Crippen LogP contribution in [0.15, 0.2) is 5.38 Å². The summed E-state index contributed by atoms with van der Waals surface area (Å²) in [5.41, 5.74) is 1.38. The fraction of sp³-hybridized carbons (Fsp3) is 0.769. The highest BCUT2D eigenvalue weighted by atomic mass is 32.1. The standard InChI is InChI=1S/C13H20N2S/c1-2-7-14-11(6-1)8-13-15-12(9-16-13)10-4-3-5-10/h9-11,14H,1-8H2. The van der Waals surface area contributed by atoms with Crippen LogP contribution in [0, 0.1) is 0 Å². The first-order valence-corrected chi connectivity index (χ1v) is 7.47. The summed E-state index contributed by atoms with van der Waals surface area (Å²) < 4.78 is 0. The number of nitrogens with one attached hydrogen (secondary N) is 1. The van der Waals surface area contributed by atoms with Crippen molar-refractivity contribution in [2.24, 2.45) is 0 Å². The quantitative estimate of drug-likeness (QED) is 0.872. The molecule has 2 nitrogen and oxygen atoms in total. The highest BCUT2D eigenvalue weighted by Crippen LogP contribution is 2.36. The molecule has 1 saturated carbocycles. The molecule has 0 amide bonds. The number of hydrogen-bond acceptors (Lipinski definition) is 3. The summed E-state index contributed by atoms with van der Waals surface area (Å²) >= 11 is 1.87. The molecule has 3 heteroatoms. The van der Waals surface area contributed by atoms with Crippen LogP contribution in [-0.2, 0) is 6.42 Å². The fourth-order valence-electron chi connectivity index (χ4n) is 2.62. The molecule has 2 aliphatic rings. The summed E-state index contributed by atoms with van der Waals surface area (Å²) in [6.45, 7) is 1.20. The summed E-state index contributed by atoms with van der Waals surface area (Å²) in [5.74, 6) is 0.796. The normalized spacial score (nSPS) is 26.6. The lowest BCUT2D eigenvalue weighted by atomic mass is 9.83. The van der Waals surface area contributed by atoms with E-state index in [1.807, 2.05) is 11.3 Å². The summed E-state index contributed by atoms with van der Waals surface area (Å²) in [6.07, 6.45) is 9.35. The molecule has 0 spiro atoms. The third kappa shape index (κ3) is 2.30. The maximum Gasteiger partial charge on any atom is 0.0943 e. The van der Waals surface area contributed by atoms with Crippen molar-refractivity contribution in [3.63, 3.8) is 0 Å². The van der Waals surface area contributed by atoms with Crippen LogP contribution >= 0.6 is 11.3 Å². The van der Waals surface area contributed by atoms with Gasteiger partial charge in [-0.2, -0.15) is 0 Å². The van der Waals surface area contributed by atoms with Crippen molar-refractivity contribution >= 4 is 11.3 Å². The molecule has 0 aromatic carbocycles. The molecule has 1 saturated heterocycles. The van der Waals surface area contributed by atoms with Crippen LogP contribution in [0.4, 0.5) is 0 Å². The Morgan fingerprint density at radius 3 is 2.88 bits per heavy atom. The first kappa shape index (κ1) is 10.7. The molecular weight excluding hydrogens is 216 g/mol. The van der Waals surface area contributed by atoms with Crippen molar-refractivity contribution in [3.8, 4) is 0 Å². The van der Waals surface area contributed by atoms with Crippen LogP contribution in [-0.4, -0.2) is 17.6 Å². The van der Waals surface area contributed by atoms with E-state index in [1.54, 1.807) is 0 Å². The monoisotopic (exact) mass is 236 g/mol. The van der Waals surface area contributed by atoms with Gasteiger partial charge in [-0.3, -0.25) is 0 Å². The molecule has 2 heterocycles. The molecule has 1 N–H and O–H groups in total. The summed E-state index contributed by atoms with van der Waals surface area (Å²) in [6, 6.07) is 0.689. The lowest BCUT2D eigenvalue weighted by molar-refractivity contribution is 0.395. The Morgan fingerprint density at radius 2 is 2.19 bits per heavy atom. The number of rotatable bonds is 3. The largest absolute Gasteiger partial charge is 0.314 e. The van der Waals surface area contributed by atoms with Gasteiger partial charge >= 0.3 is 0 Å². The first-order chi connectivity index (χ1) is 7.92. The Morgan fingerprint density at radius 1 is 1.25 bits per heavy atom. The zero-order valence-electron chi connectivity index (χ0n) is 9.74. The maximum atomic E-state index is 4.80. The average molecular weight is 236 g/mol. The molecule has 1 aliphatic carbocycles. The molecule has 16 heavy (non-hydrogen) atoms. The van der Waals surface area contributed by atoms with E-state index in [0.717, 1.165) is 12.3 Å². The molecular formula is C13H20N2S. The molecule has 1 aliphatic heterocycles. The van der Waals surface area contributed by atoms with Gasteiger partial charge in [-0.25, -0.2) is 4.98 Å². The number of hydrogen-bond donors (Lipinski definition) is 1. The van der Waals surface area contributed by atoms with Gasteiger partial charge in [0.2, 0.25) is 0 Å². The van der Waals surface area contributed by atoms with Crippen molar-refractivity contribution in [2.75, 3.05) is 6.54 Å². The number of nitrogens with zero attached hydrogens (tertiary/aromatic N) is 1. The van der Waals surface area contributed by atoms with Crippen molar-refractivity contribution < 1.29 is 0 Å². The van der Waals surface area contributed by atoms with E-state index in [9.17, 15) is 0 Å². The van der Waals surface area contributed by atoms with E-state index in [0.29, 0.717) is 6.04 Å². The molecule has 1 aromatic rings. The molecule has 3 rings (SSSR count). The smallest absolute Gasteiger partial charge is 0.0943 e. The fourth-order valence-corrected chi connectivity index (χ4v) is 3.58. The predicted molar refractivity (Wildman–Crippen MR) is 68.1 cm³/mol. The average Bonchev–Trinajstić information content (AvgIpc) is 2.65. The van der Waals surface area contributed by atoms with Gasteiger partial charge in [-0.15, -0.1) is 11.3 Å². The molecule has 1 aromatic heterocycles. The summed E-state index contributed by atoms with van der Waals surface area (Å²) in [7, 11) is 0. The molecule has 1 unspecified atom stereocenters. The maximum absolute atomic E-state index is 4.80. The van der Waals surface area contributed by atoms with Crippen molar-refractivity contribution in [2.45, 2.75) is 56.9 Å². The van der Waals surface area contributed by atoms with Gasteiger partial charge in [0.15, 0.2) is 0 Å². The second-order valence-corrected chi connectivity index (χ2v) is 6.09. The second kappa shape index (κ2) is 4.84. The minimum atomic E-state index is 0.689. The summed E-state index contributed by atoms with van der Waals surface area (Å²) in [5, 5.41) is 7.24. The lowest BCUT2D eigenvalue weighted by Gasteiger charge is -2.23. The zero-order valence-corrected chi connectivity index (χ0v) is 10.6. The Bertz CT molecular complexity index is 337. The van der Waals surface area contributed by atoms with Crippen molar-refractivity contribution in [1.29, 1.82) is 0 Å².